The molecule has 0 aromatic carbocycles. The Morgan fingerprint density at radius 2 is 1.10 bits per heavy atom. The second-order valence-electron chi connectivity index (χ2n) is 14.8. The highest BCUT2D eigenvalue weighted by Gasteiger charge is 1.94. The number of hydrogen-bond donors (Lipinski definition) is 0. The molecule has 29 nitrogen and oxygen atoms in total. The van der Waals surface area contributed by atoms with Crippen molar-refractivity contribution in [2.24, 2.45) is 7.05 Å². The second-order valence-corrected chi connectivity index (χ2v) is 20.2. The fourth-order valence-electron chi connectivity index (χ4n) is 3.83. The zero-order chi connectivity index (χ0) is 59.0. The molecule has 0 saturated carbocycles. The average molecular weight is 1200 g/mol. The molecular formula is C44H64N24O5S6. The number of nitrogens with zero attached hydrogens (tertiary/aromatic N) is 24. The van der Waals surface area contributed by atoms with Crippen molar-refractivity contribution in [3.8, 4) is 0 Å². The Morgan fingerprint density at radius 1 is 0.468 bits per heavy atom. The van der Waals surface area contributed by atoms with E-state index >= 15 is 0 Å². The molecule has 12 rings (SSSR count). The summed E-state index contributed by atoms with van der Waals surface area (Å²) in [7, 11) is 2.01. The minimum absolute atomic E-state index is 0.606. The Kier molecular flexibility index (Phi) is 36.3. The van der Waals surface area contributed by atoms with E-state index in [9.17, 15) is 0 Å². The van der Waals surface area contributed by atoms with Gasteiger partial charge in [0, 0.05) is 61.8 Å². The first-order chi connectivity index (χ1) is 37.5. The van der Waals surface area contributed by atoms with Gasteiger partial charge in [0.2, 0.25) is 36.4 Å². The number of rotatable bonds is 0. The molecule has 0 bridgehead atoms. The number of aromatic nitrogens is 24. The molecule has 0 amide bonds. The third-order valence-electron chi connectivity index (χ3n) is 7.67. The van der Waals surface area contributed by atoms with Crippen LogP contribution in [0, 0.1) is 125 Å². The molecule has 426 valence electrons. The third-order valence-corrected chi connectivity index (χ3v) is 11.6. The fourth-order valence-corrected chi connectivity index (χ4v) is 6.33. The summed E-state index contributed by atoms with van der Waals surface area (Å²) in [6.45, 7) is 33.9. The molecule has 12 aromatic rings. The van der Waals surface area contributed by atoms with Crippen molar-refractivity contribution < 1.29 is 22.5 Å². The molecule has 0 atom stereocenters. The van der Waals surface area contributed by atoms with Gasteiger partial charge >= 0.3 is 0 Å². The lowest BCUT2D eigenvalue weighted by molar-refractivity contribution is 0.389. The molecule has 0 aliphatic rings. The van der Waals surface area contributed by atoms with Gasteiger partial charge in [-0.25, -0.2) is 19.9 Å². The van der Waals surface area contributed by atoms with E-state index < -0.39 is 0 Å². The lowest BCUT2D eigenvalue weighted by Gasteiger charge is -1.93. The largest absolute Gasteiger partial charge is 0.428 e. The molecule has 35 heteroatoms. The molecule has 12 heterocycles. The maximum Gasteiger partial charge on any atom is 0.223 e. The zero-order valence-electron chi connectivity index (χ0n) is 47.3. The average Bonchev–Trinajstić information content (AvgIpc) is 4.22. The van der Waals surface area contributed by atoms with E-state index in [4.69, 9.17) is 0 Å². The quantitative estimate of drug-likeness (QED) is 0.136. The lowest BCUT2D eigenvalue weighted by atomic mass is 10.4. The predicted octanol–water partition coefficient (Wildman–Crippen LogP) is 9.55. The van der Waals surface area contributed by atoms with Crippen LogP contribution in [0.4, 0.5) is 0 Å². The van der Waals surface area contributed by atoms with Crippen LogP contribution >= 0.6 is 69.2 Å². The topological polar surface area (TPSA) is 367 Å². The minimum atomic E-state index is 0.606. The van der Waals surface area contributed by atoms with Crippen LogP contribution in [0.1, 0.15) is 100 Å². The first-order valence-electron chi connectivity index (χ1n) is 22.7. The van der Waals surface area contributed by atoms with Crippen LogP contribution in [0.2, 0.25) is 0 Å². The summed E-state index contributed by atoms with van der Waals surface area (Å²) in [6, 6.07) is 0. The van der Waals surface area contributed by atoms with E-state index in [1.54, 1.807) is 61.0 Å². The van der Waals surface area contributed by atoms with Crippen molar-refractivity contribution in [3.05, 3.63) is 144 Å². The van der Waals surface area contributed by atoms with Crippen LogP contribution in [-0.4, -0.2) is 117 Å². The van der Waals surface area contributed by atoms with Crippen molar-refractivity contribution in [2.75, 3.05) is 0 Å². The van der Waals surface area contributed by atoms with E-state index in [1.165, 1.54) is 98.9 Å². The smallest absolute Gasteiger partial charge is 0.223 e. The Labute approximate surface area is 481 Å². The summed E-state index contributed by atoms with van der Waals surface area (Å²) in [4.78, 5) is 33.3. The lowest BCUT2D eigenvalue weighted by Crippen LogP contribution is -1.92. The van der Waals surface area contributed by atoms with Crippen molar-refractivity contribution in [2.45, 2.75) is 125 Å². The molecule has 0 fully saturated rings. The third kappa shape index (κ3) is 37.6. The van der Waals surface area contributed by atoms with E-state index in [2.05, 4.69) is 140 Å². The van der Waals surface area contributed by atoms with Crippen LogP contribution in [-0.2, 0) is 7.05 Å². The summed E-state index contributed by atoms with van der Waals surface area (Å²) < 4.78 is 47.3. The number of hydrogen-bond acceptors (Lipinski definition) is 34. The van der Waals surface area contributed by atoms with Crippen molar-refractivity contribution in [3.63, 3.8) is 0 Å². The van der Waals surface area contributed by atoms with Crippen LogP contribution in [0.3, 0.4) is 0 Å². The van der Waals surface area contributed by atoms with E-state index in [0.717, 1.165) is 48.8 Å². The Hall–Kier alpha value is -7.73. The normalized spacial score (nSPS) is 9.20. The number of aryl methyl sites for hydroxylation is 18. The van der Waals surface area contributed by atoms with Crippen LogP contribution in [0.25, 0.3) is 0 Å². The highest BCUT2D eigenvalue weighted by Crippen LogP contribution is 2.04. The van der Waals surface area contributed by atoms with Gasteiger partial charge in [-0.05, 0) is 166 Å². The maximum absolute atomic E-state index is 4.61. The predicted molar refractivity (Wildman–Crippen MR) is 299 cm³/mol. The fraction of sp³-hybridized carbons (Fsp3) is 0.432. The van der Waals surface area contributed by atoms with Gasteiger partial charge in [-0.2, -0.15) is 33.1 Å². The standard InChI is InChI=1S/C6H10N2.2C4H6N2O.3C4H6N2S.3C3H4N2O.3C3H4N2S/c1-5-4-7-6(2)8(5)3;4*1-3-5-4(2)7-6-3;1-3-4(2)7-6-5-3;1-3-5-4-2-6-3;1-3-4-2-6-5-3;2*1-3-4-2-5-6-3;1-3-2-6-5-4-3;1-3-2-4-5-6-3/h4H,1-3H3;5*1-2H3;6*2H,1H3. The molecule has 0 spiro atoms. The van der Waals surface area contributed by atoms with Crippen LogP contribution < -0.4 is 0 Å². The summed E-state index contributed by atoms with van der Waals surface area (Å²) in [5.41, 5.74) is 3.26. The van der Waals surface area contributed by atoms with Crippen LogP contribution in [0.15, 0.2) is 65.7 Å². The Balaban J connectivity index is 0.000000431. The molecule has 0 radical (unpaired) electrons. The van der Waals surface area contributed by atoms with Crippen molar-refractivity contribution in [1.82, 2.24) is 117 Å². The van der Waals surface area contributed by atoms with Crippen molar-refractivity contribution >= 4 is 69.2 Å². The summed E-state index contributed by atoms with van der Waals surface area (Å²) in [6.07, 6.45) is 9.14. The Morgan fingerprint density at radius 3 is 1.23 bits per heavy atom. The number of imidazole rings is 1. The monoisotopic (exact) mass is 1200 g/mol. The molecule has 0 unspecified atom stereocenters. The highest BCUT2D eigenvalue weighted by molar-refractivity contribution is 7.06. The van der Waals surface area contributed by atoms with E-state index in [-0.39, 0.29) is 0 Å². The van der Waals surface area contributed by atoms with Gasteiger partial charge < -0.3 is 27.1 Å². The van der Waals surface area contributed by atoms with Gasteiger partial charge in [0.1, 0.15) is 38.8 Å². The zero-order valence-corrected chi connectivity index (χ0v) is 52.2. The van der Waals surface area contributed by atoms with Gasteiger partial charge in [0.15, 0.2) is 23.8 Å². The first-order valence-corrected chi connectivity index (χ1v) is 27.4. The van der Waals surface area contributed by atoms with Gasteiger partial charge in [0.25, 0.3) is 0 Å². The van der Waals surface area contributed by atoms with Gasteiger partial charge in [-0.1, -0.05) is 34.1 Å². The second kappa shape index (κ2) is 41.4. The summed E-state index contributed by atoms with van der Waals surface area (Å²) in [5.74, 6) is 7.34. The molecule has 0 aliphatic heterocycles. The van der Waals surface area contributed by atoms with Gasteiger partial charge in [-0.3, -0.25) is 0 Å². The molecular weight excluding hydrogens is 1140 g/mol. The molecule has 12 aromatic heterocycles. The highest BCUT2D eigenvalue weighted by atomic mass is 32.1. The molecule has 0 saturated heterocycles. The maximum atomic E-state index is 4.61. The summed E-state index contributed by atoms with van der Waals surface area (Å²) in [5, 5.41) is 36.8. The van der Waals surface area contributed by atoms with E-state index in [1.807, 2.05) is 94.8 Å². The Bertz CT molecular complexity index is 2700. The molecule has 79 heavy (non-hydrogen) atoms. The first kappa shape index (κ1) is 69.3. The molecule has 0 N–H and O–H groups in total. The van der Waals surface area contributed by atoms with Crippen LogP contribution in [0.5, 0.6) is 0 Å². The van der Waals surface area contributed by atoms with Gasteiger partial charge in [0.05, 0.1) is 17.6 Å². The SMILES string of the molecule is Cc1cnc(C)n1C.Cc1cnns1.Cc1csnn1.Cc1ncno1.Cc1ncns1.Cc1ncon1.Cc1nnco1.Cc1nnsc1C.Cc1noc(C)n1.Cc1noc(C)n1.Cc1nsc(C)n1.Cc1nsc(C)n1. The summed E-state index contributed by atoms with van der Waals surface area (Å²) >= 11 is 8.54. The van der Waals surface area contributed by atoms with E-state index in [0.29, 0.717) is 41.0 Å². The van der Waals surface area contributed by atoms with Crippen molar-refractivity contribution in [1.29, 1.82) is 0 Å². The minimum Gasteiger partial charge on any atom is -0.428 e. The van der Waals surface area contributed by atoms with Gasteiger partial charge in [-0.15, -0.1) is 25.5 Å². The molecule has 0 aliphatic carbocycles.